The van der Waals surface area contributed by atoms with Crippen LogP contribution in [0.25, 0.3) is 0 Å². The van der Waals surface area contributed by atoms with E-state index in [1.807, 2.05) is 0 Å². The maximum Gasteiger partial charge on any atom is 0.303 e. The number of hydrogen-bond donors (Lipinski definition) is 1. The molecule has 2 heteroatoms. The molecule has 0 heterocycles. The smallest absolute Gasteiger partial charge is 0.303 e. The van der Waals surface area contributed by atoms with E-state index in [-0.39, 0.29) is 0 Å². The van der Waals surface area contributed by atoms with Crippen molar-refractivity contribution in [3.63, 3.8) is 0 Å². The molecule has 0 unspecified atom stereocenters. The Labute approximate surface area is 124 Å². The van der Waals surface area contributed by atoms with E-state index in [4.69, 9.17) is 11.5 Å². The van der Waals surface area contributed by atoms with Gasteiger partial charge in [-0.2, -0.15) is 0 Å². The average Bonchev–Trinajstić information content (AvgIpc) is 2.43. The van der Waals surface area contributed by atoms with E-state index in [0.717, 1.165) is 32.1 Å². The van der Waals surface area contributed by atoms with Crippen LogP contribution in [0, 0.1) is 12.3 Å². The number of unbranched alkanes of at least 4 members (excludes halogenated alkanes) is 10. The maximum absolute atomic E-state index is 10.3. The third-order valence-corrected chi connectivity index (χ3v) is 3.37. The fourth-order valence-electron chi connectivity index (χ4n) is 2.15. The van der Waals surface area contributed by atoms with Crippen molar-refractivity contribution < 1.29 is 9.90 Å². The highest BCUT2D eigenvalue weighted by molar-refractivity contribution is 5.66. The van der Waals surface area contributed by atoms with Gasteiger partial charge in [-0.3, -0.25) is 4.79 Å². The molecular weight excluding hydrogens is 248 g/mol. The molecule has 20 heavy (non-hydrogen) atoms. The quantitative estimate of drug-likeness (QED) is 0.265. The molecular formula is C18H30O2. The second-order valence-electron chi connectivity index (χ2n) is 5.33. The molecule has 0 fully saturated rings. The Kier molecular flexibility index (Phi) is 14.9. The van der Waals surface area contributed by atoms with Gasteiger partial charge in [-0.25, -0.2) is 0 Å². The van der Waals surface area contributed by atoms with Crippen molar-refractivity contribution in [2.24, 2.45) is 0 Å². The van der Waals surface area contributed by atoms with E-state index in [1.54, 1.807) is 0 Å². The summed E-state index contributed by atoms with van der Waals surface area (Å²) in [6.45, 7) is 0. The normalized spacial score (nSPS) is 10.8. The van der Waals surface area contributed by atoms with Crippen LogP contribution >= 0.6 is 0 Å². The summed E-state index contributed by atoms with van der Waals surface area (Å²) in [5.41, 5.74) is 0. The number of terminal acetylenes is 1. The van der Waals surface area contributed by atoms with Crippen molar-refractivity contribution in [3.05, 3.63) is 12.2 Å². The first-order valence-corrected chi connectivity index (χ1v) is 8.07. The van der Waals surface area contributed by atoms with Crippen molar-refractivity contribution in [1.82, 2.24) is 0 Å². The van der Waals surface area contributed by atoms with E-state index in [1.165, 1.54) is 44.9 Å². The summed E-state index contributed by atoms with van der Waals surface area (Å²) in [6.07, 6.45) is 23.9. The summed E-state index contributed by atoms with van der Waals surface area (Å²) in [7, 11) is 0. The fraction of sp³-hybridized carbons (Fsp3) is 0.722. The first kappa shape index (κ1) is 18.8. The lowest BCUT2D eigenvalue weighted by Gasteiger charge is -1.98. The molecule has 0 aromatic rings. The van der Waals surface area contributed by atoms with Gasteiger partial charge in [0.25, 0.3) is 0 Å². The van der Waals surface area contributed by atoms with Crippen molar-refractivity contribution in [2.75, 3.05) is 0 Å². The summed E-state index contributed by atoms with van der Waals surface area (Å²) < 4.78 is 0. The van der Waals surface area contributed by atoms with Crippen LogP contribution in [-0.4, -0.2) is 11.1 Å². The van der Waals surface area contributed by atoms with Crippen LogP contribution in [0.1, 0.15) is 83.5 Å². The number of rotatable bonds is 14. The number of carboxylic acids is 1. The van der Waals surface area contributed by atoms with Crippen LogP contribution in [0.2, 0.25) is 0 Å². The van der Waals surface area contributed by atoms with Gasteiger partial charge in [0.15, 0.2) is 0 Å². The predicted molar refractivity (Wildman–Crippen MR) is 85.6 cm³/mol. The number of hydrogen-bond acceptors (Lipinski definition) is 1. The number of carboxylic acid groups (broad SMARTS) is 1. The topological polar surface area (TPSA) is 37.3 Å². The highest BCUT2D eigenvalue weighted by atomic mass is 16.4. The third kappa shape index (κ3) is 16.8. The molecule has 0 aromatic heterocycles. The molecule has 114 valence electrons. The molecule has 0 radical (unpaired) electrons. The molecule has 1 N–H and O–H groups in total. The zero-order valence-electron chi connectivity index (χ0n) is 12.8. The Morgan fingerprint density at radius 3 is 1.90 bits per heavy atom. The summed E-state index contributed by atoms with van der Waals surface area (Å²) in [5, 5.41) is 8.50. The lowest BCUT2D eigenvalue weighted by molar-refractivity contribution is -0.137. The van der Waals surface area contributed by atoms with E-state index in [2.05, 4.69) is 18.1 Å². The molecule has 0 aromatic carbocycles. The average molecular weight is 278 g/mol. The van der Waals surface area contributed by atoms with Crippen LogP contribution in [0.3, 0.4) is 0 Å². The minimum absolute atomic E-state index is 0.321. The molecule has 0 saturated carbocycles. The molecule has 0 rings (SSSR count). The van der Waals surface area contributed by atoms with Crippen LogP contribution < -0.4 is 0 Å². The van der Waals surface area contributed by atoms with E-state index in [0.29, 0.717) is 6.42 Å². The summed E-state index contributed by atoms with van der Waals surface area (Å²) in [6, 6.07) is 0. The molecule has 0 bridgehead atoms. The van der Waals surface area contributed by atoms with E-state index in [9.17, 15) is 4.79 Å². The van der Waals surface area contributed by atoms with Crippen molar-refractivity contribution in [1.29, 1.82) is 0 Å². The van der Waals surface area contributed by atoms with Crippen LogP contribution in [0.5, 0.6) is 0 Å². The van der Waals surface area contributed by atoms with Gasteiger partial charge < -0.3 is 5.11 Å². The zero-order valence-corrected chi connectivity index (χ0v) is 12.8. The Balaban J connectivity index is 3.09. The van der Waals surface area contributed by atoms with Gasteiger partial charge in [-0.05, 0) is 38.5 Å². The molecule has 0 aliphatic rings. The molecule has 0 saturated heterocycles. The van der Waals surface area contributed by atoms with Crippen molar-refractivity contribution in [2.45, 2.75) is 83.5 Å². The lowest BCUT2D eigenvalue weighted by Crippen LogP contribution is -1.93. The van der Waals surface area contributed by atoms with Gasteiger partial charge in [0.2, 0.25) is 0 Å². The number of aliphatic carboxylic acids is 1. The lowest BCUT2D eigenvalue weighted by atomic mass is 10.1. The first-order chi connectivity index (χ1) is 9.77. The fourth-order valence-corrected chi connectivity index (χ4v) is 2.15. The Morgan fingerprint density at radius 1 is 0.850 bits per heavy atom. The Morgan fingerprint density at radius 2 is 1.35 bits per heavy atom. The number of carbonyl (C=O) groups is 1. The molecule has 0 amide bonds. The Bertz CT molecular complexity index is 286. The Hall–Kier alpha value is -1.23. The SMILES string of the molecule is C#CCCCCCC/C=C/CCCCCCCC(=O)O. The van der Waals surface area contributed by atoms with Crippen molar-refractivity contribution in [3.8, 4) is 12.3 Å². The van der Waals surface area contributed by atoms with Gasteiger partial charge in [0.05, 0.1) is 0 Å². The summed E-state index contributed by atoms with van der Waals surface area (Å²) in [5.74, 6) is 2.00. The highest BCUT2D eigenvalue weighted by Crippen LogP contribution is 2.09. The van der Waals surface area contributed by atoms with Crippen LogP contribution in [0.15, 0.2) is 12.2 Å². The van der Waals surface area contributed by atoms with Crippen LogP contribution in [-0.2, 0) is 4.79 Å². The molecule has 0 atom stereocenters. The minimum atomic E-state index is -0.674. The minimum Gasteiger partial charge on any atom is -0.481 e. The van der Waals surface area contributed by atoms with Crippen LogP contribution in [0.4, 0.5) is 0 Å². The van der Waals surface area contributed by atoms with E-state index >= 15 is 0 Å². The standard InChI is InChI=1S/C18H30O2/c1-2-3-4-5-6-7-8-9-10-11-12-13-14-15-16-17-18(19)20/h1,9-10H,3-8,11-17H2,(H,19,20)/b10-9+. The predicted octanol–water partition coefficient (Wildman–Crippen LogP) is 5.33. The highest BCUT2D eigenvalue weighted by Gasteiger charge is 1.95. The van der Waals surface area contributed by atoms with Gasteiger partial charge in [0, 0.05) is 12.8 Å². The largest absolute Gasteiger partial charge is 0.481 e. The summed E-state index contributed by atoms with van der Waals surface area (Å²) >= 11 is 0. The second-order valence-corrected chi connectivity index (χ2v) is 5.33. The van der Waals surface area contributed by atoms with Crippen molar-refractivity contribution >= 4 is 5.97 Å². The molecule has 0 aliphatic heterocycles. The summed E-state index contributed by atoms with van der Waals surface area (Å²) in [4.78, 5) is 10.3. The second kappa shape index (κ2) is 15.8. The molecule has 2 nitrogen and oxygen atoms in total. The molecule has 0 aliphatic carbocycles. The van der Waals surface area contributed by atoms with Gasteiger partial charge >= 0.3 is 5.97 Å². The van der Waals surface area contributed by atoms with Gasteiger partial charge in [-0.1, -0.05) is 44.3 Å². The third-order valence-electron chi connectivity index (χ3n) is 3.37. The zero-order chi connectivity index (χ0) is 14.9. The number of allylic oxidation sites excluding steroid dienone is 2. The van der Waals surface area contributed by atoms with Gasteiger partial charge in [-0.15, -0.1) is 12.3 Å². The molecule has 0 spiro atoms. The first-order valence-electron chi connectivity index (χ1n) is 8.07. The monoisotopic (exact) mass is 278 g/mol. The van der Waals surface area contributed by atoms with E-state index < -0.39 is 5.97 Å². The van der Waals surface area contributed by atoms with Gasteiger partial charge in [0.1, 0.15) is 0 Å². The maximum atomic E-state index is 10.3.